The van der Waals surface area contributed by atoms with E-state index in [1.165, 1.54) is 25.5 Å². The van der Waals surface area contributed by atoms with Crippen LogP contribution in [-0.2, 0) is 16.2 Å². The van der Waals surface area contributed by atoms with Crippen molar-refractivity contribution in [3.63, 3.8) is 0 Å². The van der Waals surface area contributed by atoms with Crippen LogP contribution in [0.15, 0.2) is 47.6 Å². The van der Waals surface area contributed by atoms with E-state index < -0.39 is 0 Å². The lowest BCUT2D eigenvalue weighted by Gasteiger charge is -2.13. The van der Waals surface area contributed by atoms with Crippen molar-refractivity contribution in [1.29, 1.82) is 0 Å². The Bertz CT molecular complexity index is 761. The third-order valence-corrected chi connectivity index (χ3v) is 4.16. The topological polar surface area (TPSA) is 98.0 Å². The molecule has 0 radical (unpaired) electrons. The van der Waals surface area contributed by atoms with Crippen LogP contribution in [0.5, 0.6) is 5.75 Å². The number of carbonyl (C=O) groups excluding carboxylic acids is 1. The highest BCUT2D eigenvalue weighted by Crippen LogP contribution is 2.26. The highest BCUT2D eigenvalue weighted by atomic mass is 16.6. The molecule has 1 saturated carbocycles. The molecule has 1 aliphatic rings. The Morgan fingerprint density at radius 2 is 1.90 bits per heavy atom. The second-order valence-corrected chi connectivity index (χ2v) is 6.60. The predicted molar refractivity (Wildman–Crippen MR) is 118 cm³/mol. The summed E-state index contributed by atoms with van der Waals surface area (Å²) in [4.78, 5) is 13.6. The summed E-state index contributed by atoms with van der Waals surface area (Å²) in [5.74, 6) is 6.30. The molecule has 0 bridgehead atoms. The van der Waals surface area contributed by atoms with E-state index in [1.807, 2.05) is 43.4 Å². The van der Waals surface area contributed by atoms with Crippen molar-refractivity contribution in [2.45, 2.75) is 33.3 Å². The Morgan fingerprint density at radius 1 is 1.24 bits per heavy atom. The molecule has 0 aromatic heterocycles. The number of aryl methyl sites for hydroxylation is 1. The molecule has 0 heterocycles. The highest BCUT2D eigenvalue weighted by molar-refractivity contribution is 5.79. The predicted octanol–water partition coefficient (Wildman–Crippen LogP) is 3.62. The van der Waals surface area contributed by atoms with E-state index in [4.69, 9.17) is 9.53 Å². The minimum atomic E-state index is 0.403. The van der Waals surface area contributed by atoms with Gasteiger partial charge in [-0.3, -0.25) is 10.2 Å². The zero-order chi connectivity index (χ0) is 21.5. The Hall–Kier alpha value is -3.06. The fourth-order valence-electron chi connectivity index (χ4n) is 2.25. The molecule has 1 aliphatic carbocycles. The quantitative estimate of drug-likeness (QED) is 0.217. The van der Waals surface area contributed by atoms with Gasteiger partial charge in [-0.15, -0.1) is 0 Å². The van der Waals surface area contributed by atoms with Crippen molar-refractivity contribution in [3.05, 3.63) is 59.2 Å². The zero-order valence-corrected chi connectivity index (χ0v) is 17.6. The summed E-state index contributed by atoms with van der Waals surface area (Å²) < 4.78 is 5.89. The highest BCUT2D eigenvalue weighted by Gasteiger charge is 2.12. The second-order valence-electron chi connectivity index (χ2n) is 6.60. The van der Waals surface area contributed by atoms with Gasteiger partial charge in [0.2, 0.25) is 6.41 Å². The van der Waals surface area contributed by atoms with Crippen LogP contribution in [0.25, 0.3) is 0 Å². The first kappa shape index (κ1) is 24.0. The van der Waals surface area contributed by atoms with Gasteiger partial charge in [0.1, 0.15) is 19.5 Å². The van der Waals surface area contributed by atoms with Crippen molar-refractivity contribution in [1.82, 2.24) is 5.43 Å². The molecule has 158 valence electrons. The summed E-state index contributed by atoms with van der Waals surface area (Å²) in [6, 6.07) is 13.9. The van der Waals surface area contributed by atoms with Crippen molar-refractivity contribution in [2.24, 2.45) is 16.9 Å². The number of oxime groups is 1. The van der Waals surface area contributed by atoms with Crippen LogP contribution < -0.4 is 21.3 Å². The summed E-state index contributed by atoms with van der Waals surface area (Å²) in [5.41, 5.74) is 6.15. The Labute approximate surface area is 173 Å². The lowest BCUT2D eigenvalue weighted by Crippen LogP contribution is -2.18. The molecule has 2 aromatic rings. The Balaban J connectivity index is 0.000000439. The van der Waals surface area contributed by atoms with Crippen molar-refractivity contribution < 1.29 is 14.4 Å². The molecule has 0 saturated heterocycles. The third kappa shape index (κ3) is 10.2. The first-order valence-corrected chi connectivity index (χ1v) is 9.51. The summed E-state index contributed by atoms with van der Waals surface area (Å²) in [5, 5.41) is 6.95. The number of anilines is 1. The number of nitrogens with two attached hydrogens (primary N) is 1. The minimum absolute atomic E-state index is 0.403. The van der Waals surface area contributed by atoms with Crippen LogP contribution in [-0.4, -0.2) is 26.8 Å². The van der Waals surface area contributed by atoms with Crippen LogP contribution in [0.4, 0.5) is 5.69 Å². The number of carbonyl (C=O) groups is 1. The van der Waals surface area contributed by atoms with E-state index in [-0.39, 0.29) is 0 Å². The monoisotopic (exact) mass is 400 g/mol. The lowest BCUT2D eigenvalue weighted by molar-refractivity contribution is -0.109. The number of hydrazine groups is 1. The average molecular weight is 401 g/mol. The molecule has 1 amide bonds. The second kappa shape index (κ2) is 14.0. The van der Waals surface area contributed by atoms with Crippen LogP contribution in [0.1, 0.15) is 36.5 Å². The number of hydrogen-bond donors (Lipinski definition) is 3. The normalized spacial score (nSPS) is 12.0. The van der Waals surface area contributed by atoms with Gasteiger partial charge >= 0.3 is 0 Å². The van der Waals surface area contributed by atoms with Crippen LogP contribution >= 0.6 is 0 Å². The van der Waals surface area contributed by atoms with E-state index in [2.05, 4.69) is 41.1 Å². The molecule has 7 nitrogen and oxygen atoms in total. The largest absolute Gasteiger partial charge is 0.489 e. The molecule has 0 atom stereocenters. The van der Waals surface area contributed by atoms with Gasteiger partial charge in [-0.05, 0) is 42.2 Å². The van der Waals surface area contributed by atoms with E-state index in [0.717, 1.165) is 28.5 Å². The minimum Gasteiger partial charge on any atom is -0.489 e. The van der Waals surface area contributed by atoms with E-state index >= 15 is 0 Å². The SMILES string of the molecule is CC1CC1.CNc1cccc(C)c1COc1cccc(C=NOC)c1.NNC=O. The van der Waals surface area contributed by atoms with Gasteiger partial charge in [0, 0.05) is 18.3 Å². The fourth-order valence-corrected chi connectivity index (χ4v) is 2.25. The van der Waals surface area contributed by atoms with Gasteiger partial charge in [-0.25, -0.2) is 5.84 Å². The molecule has 3 rings (SSSR count). The number of nitrogens with zero attached hydrogens (tertiary/aromatic N) is 1. The average Bonchev–Trinajstić information content (AvgIpc) is 3.54. The zero-order valence-electron chi connectivity index (χ0n) is 17.6. The van der Waals surface area contributed by atoms with E-state index in [9.17, 15) is 0 Å². The summed E-state index contributed by atoms with van der Waals surface area (Å²) in [7, 11) is 3.44. The summed E-state index contributed by atoms with van der Waals surface area (Å²) >= 11 is 0. The maximum atomic E-state index is 8.94. The van der Waals surface area contributed by atoms with Crippen LogP contribution in [0.3, 0.4) is 0 Å². The molecule has 0 aliphatic heterocycles. The first-order chi connectivity index (χ1) is 14.0. The smallest absolute Gasteiger partial charge is 0.221 e. The maximum absolute atomic E-state index is 8.94. The van der Waals surface area contributed by atoms with Crippen molar-refractivity contribution in [2.75, 3.05) is 19.5 Å². The number of nitrogens with one attached hydrogen (secondary N) is 2. The molecule has 29 heavy (non-hydrogen) atoms. The molecule has 4 N–H and O–H groups in total. The lowest BCUT2D eigenvalue weighted by atomic mass is 10.1. The van der Waals surface area contributed by atoms with Gasteiger partial charge in [-0.1, -0.05) is 49.2 Å². The molecule has 2 aromatic carbocycles. The summed E-state index contributed by atoms with van der Waals surface area (Å²) in [6.07, 6.45) is 5.03. The molecule has 7 heteroatoms. The number of hydrogen-bond acceptors (Lipinski definition) is 6. The number of ether oxygens (including phenoxy) is 1. The Morgan fingerprint density at radius 3 is 2.45 bits per heavy atom. The van der Waals surface area contributed by atoms with Gasteiger partial charge in [0.25, 0.3) is 0 Å². The van der Waals surface area contributed by atoms with Crippen LogP contribution in [0, 0.1) is 12.8 Å². The van der Waals surface area contributed by atoms with Crippen molar-refractivity contribution >= 4 is 18.3 Å². The van der Waals surface area contributed by atoms with E-state index in [0.29, 0.717) is 13.0 Å². The molecule has 0 spiro atoms. The molecular formula is C22H32N4O3. The number of amides is 1. The number of rotatable bonds is 7. The van der Waals surface area contributed by atoms with Gasteiger partial charge in [0.05, 0.1) is 6.21 Å². The van der Waals surface area contributed by atoms with Crippen LogP contribution in [0.2, 0.25) is 0 Å². The standard InChI is InChI=1S/C17H20N2O2.C4H8.CH4N2O/c1-13-6-4-9-17(18-2)16(13)12-21-15-8-5-7-14(10-15)11-19-20-3;1-4-2-3-4;2-3-1-4/h4-11,18H,12H2,1-3H3;4H,2-3H2,1H3;1H,2H2,(H,3,4). The number of benzene rings is 2. The third-order valence-electron chi connectivity index (χ3n) is 4.16. The van der Waals surface area contributed by atoms with Gasteiger partial charge in [0.15, 0.2) is 0 Å². The van der Waals surface area contributed by atoms with E-state index in [1.54, 1.807) is 11.6 Å². The maximum Gasteiger partial charge on any atom is 0.221 e. The van der Waals surface area contributed by atoms with Gasteiger partial charge in [-0.2, -0.15) is 0 Å². The Kier molecular flexibility index (Phi) is 11.6. The molecular weight excluding hydrogens is 368 g/mol. The molecule has 0 unspecified atom stereocenters. The van der Waals surface area contributed by atoms with Crippen molar-refractivity contribution in [3.8, 4) is 5.75 Å². The summed E-state index contributed by atoms with van der Waals surface area (Å²) in [6.45, 7) is 4.88. The first-order valence-electron chi connectivity index (χ1n) is 9.51. The van der Waals surface area contributed by atoms with Gasteiger partial charge < -0.3 is 14.9 Å². The fraction of sp³-hybridized carbons (Fsp3) is 0.364. The molecule has 1 fully saturated rings.